The third kappa shape index (κ3) is 8.12. The lowest BCUT2D eigenvalue weighted by Crippen LogP contribution is -2.44. The predicted octanol–water partition coefficient (Wildman–Crippen LogP) is 3.61. The van der Waals surface area contributed by atoms with Gasteiger partial charge in [0.15, 0.2) is 0 Å². The summed E-state index contributed by atoms with van der Waals surface area (Å²) < 4.78 is 5.41. The molecule has 0 aromatic carbocycles. The molecule has 0 heterocycles. The molecular weight excluding hydrogens is 198 g/mol. The lowest BCUT2D eigenvalue weighted by atomic mass is 9.81. The van der Waals surface area contributed by atoms with Gasteiger partial charge in [0.25, 0.3) is 0 Å². The first-order valence-electron chi connectivity index (χ1n) is 6.28. The van der Waals surface area contributed by atoms with Crippen LogP contribution in [0.15, 0.2) is 0 Å². The van der Waals surface area contributed by atoms with Gasteiger partial charge in [-0.25, -0.2) is 0 Å². The molecule has 0 aromatic rings. The Morgan fingerprint density at radius 1 is 0.938 bits per heavy atom. The summed E-state index contributed by atoms with van der Waals surface area (Å²) in [6.07, 6.45) is 2.21. The Morgan fingerprint density at radius 2 is 1.44 bits per heavy atom. The molecule has 16 heavy (non-hydrogen) atoms. The van der Waals surface area contributed by atoms with Crippen LogP contribution in [0.4, 0.5) is 0 Å². The maximum Gasteiger partial charge on any atom is 0.0634 e. The number of rotatable bonds is 6. The van der Waals surface area contributed by atoms with Crippen LogP contribution in [-0.2, 0) is 4.74 Å². The fraction of sp³-hybridized carbons (Fsp3) is 1.00. The van der Waals surface area contributed by atoms with E-state index in [-0.39, 0.29) is 11.1 Å². The van der Waals surface area contributed by atoms with Gasteiger partial charge in [-0.2, -0.15) is 0 Å². The standard InChI is InChI=1S/C14H31NO/c1-12(2,3)11-13(4,5)15-10-9-14(6,7)16-8/h15H,9-11H2,1-8H3. The molecular formula is C14H31NO. The molecule has 0 fully saturated rings. The summed E-state index contributed by atoms with van der Waals surface area (Å²) in [6, 6.07) is 0. The lowest BCUT2D eigenvalue weighted by molar-refractivity contribution is 0.0141. The van der Waals surface area contributed by atoms with E-state index >= 15 is 0 Å². The molecule has 0 atom stereocenters. The Hall–Kier alpha value is -0.0800. The van der Waals surface area contributed by atoms with E-state index in [2.05, 4.69) is 53.8 Å². The molecule has 0 amide bonds. The van der Waals surface area contributed by atoms with Gasteiger partial charge in [0.2, 0.25) is 0 Å². The Labute approximate surface area is 102 Å². The number of nitrogens with one attached hydrogen (secondary N) is 1. The van der Waals surface area contributed by atoms with Crippen LogP contribution < -0.4 is 5.32 Å². The highest BCUT2D eigenvalue weighted by Crippen LogP contribution is 2.26. The Morgan fingerprint density at radius 3 is 1.81 bits per heavy atom. The molecule has 2 nitrogen and oxygen atoms in total. The van der Waals surface area contributed by atoms with E-state index in [1.165, 1.54) is 6.42 Å². The maximum absolute atomic E-state index is 5.41. The third-order valence-electron chi connectivity index (χ3n) is 2.86. The van der Waals surface area contributed by atoms with Crippen LogP contribution in [0.1, 0.15) is 61.3 Å². The summed E-state index contributed by atoms with van der Waals surface area (Å²) in [5, 5.41) is 3.63. The van der Waals surface area contributed by atoms with Crippen molar-refractivity contribution in [3.8, 4) is 0 Å². The van der Waals surface area contributed by atoms with Crippen LogP contribution in [0.5, 0.6) is 0 Å². The molecule has 2 heteroatoms. The second kappa shape index (κ2) is 5.50. The van der Waals surface area contributed by atoms with Crippen LogP contribution in [0, 0.1) is 5.41 Å². The van der Waals surface area contributed by atoms with E-state index in [1.54, 1.807) is 7.11 Å². The van der Waals surface area contributed by atoms with Crippen molar-refractivity contribution in [3.63, 3.8) is 0 Å². The highest BCUT2D eigenvalue weighted by Gasteiger charge is 2.25. The van der Waals surface area contributed by atoms with E-state index in [1.807, 2.05) is 0 Å². The van der Waals surface area contributed by atoms with Crippen molar-refractivity contribution < 1.29 is 4.74 Å². The first-order valence-corrected chi connectivity index (χ1v) is 6.28. The minimum Gasteiger partial charge on any atom is -0.379 e. The van der Waals surface area contributed by atoms with Crippen LogP contribution in [0.2, 0.25) is 0 Å². The van der Waals surface area contributed by atoms with Crippen LogP contribution in [-0.4, -0.2) is 24.8 Å². The topological polar surface area (TPSA) is 21.3 Å². The monoisotopic (exact) mass is 229 g/mol. The average molecular weight is 229 g/mol. The van der Waals surface area contributed by atoms with E-state index in [0.29, 0.717) is 5.41 Å². The van der Waals surface area contributed by atoms with Gasteiger partial charge in [-0.3, -0.25) is 0 Å². The minimum absolute atomic E-state index is 0.0230. The molecule has 0 aromatic heterocycles. The second-order valence-corrected chi connectivity index (χ2v) is 7.26. The highest BCUT2D eigenvalue weighted by molar-refractivity contribution is 4.84. The van der Waals surface area contributed by atoms with Gasteiger partial charge in [0.1, 0.15) is 0 Å². The number of methoxy groups -OCH3 is 1. The van der Waals surface area contributed by atoms with Crippen LogP contribution in [0.3, 0.4) is 0 Å². The van der Waals surface area contributed by atoms with Crippen molar-refractivity contribution >= 4 is 0 Å². The normalized spacial score (nSPS) is 14.2. The van der Waals surface area contributed by atoms with Gasteiger partial charge in [-0.05, 0) is 52.5 Å². The molecule has 0 aliphatic rings. The van der Waals surface area contributed by atoms with Crippen molar-refractivity contribution in [2.24, 2.45) is 5.41 Å². The van der Waals surface area contributed by atoms with Crippen LogP contribution >= 0.6 is 0 Å². The summed E-state index contributed by atoms with van der Waals surface area (Å²) in [4.78, 5) is 0. The zero-order valence-corrected chi connectivity index (χ0v) is 12.5. The zero-order chi connectivity index (χ0) is 13.0. The van der Waals surface area contributed by atoms with Crippen molar-refractivity contribution in [1.82, 2.24) is 5.32 Å². The number of hydrogen-bond acceptors (Lipinski definition) is 2. The molecule has 0 bridgehead atoms. The van der Waals surface area contributed by atoms with Gasteiger partial charge in [-0.15, -0.1) is 0 Å². The summed E-state index contributed by atoms with van der Waals surface area (Å²) in [5.74, 6) is 0. The molecule has 0 saturated carbocycles. The molecule has 0 spiro atoms. The number of ether oxygens (including phenoxy) is 1. The lowest BCUT2D eigenvalue weighted by Gasteiger charge is -2.34. The van der Waals surface area contributed by atoms with Crippen molar-refractivity contribution in [2.75, 3.05) is 13.7 Å². The molecule has 98 valence electrons. The number of hydrogen-bond donors (Lipinski definition) is 1. The Kier molecular flexibility index (Phi) is 5.48. The van der Waals surface area contributed by atoms with E-state index < -0.39 is 0 Å². The molecule has 1 N–H and O–H groups in total. The maximum atomic E-state index is 5.41. The van der Waals surface area contributed by atoms with Crippen molar-refractivity contribution in [2.45, 2.75) is 72.4 Å². The fourth-order valence-corrected chi connectivity index (χ4v) is 2.19. The van der Waals surface area contributed by atoms with Gasteiger partial charge in [0.05, 0.1) is 5.60 Å². The first kappa shape index (κ1) is 15.9. The summed E-state index contributed by atoms with van der Waals surface area (Å²) >= 11 is 0. The van der Waals surface area contributed by atoms with E-state index in [9.17, 15) is 0 Å². The highest BCUT2D eigenvalue weighted by atomic mass is 16.5. The molecule has 0 saturated heterocycles. The quantitative estimate of drug-likeness (QED) is 0.751. The van der Waals surface area contributed by atoms with Gasteiger partial charge in [-0.1, -0.05) is 20.8 Å². The zero-order valence-electron chi connectivity index (χ0n) is 12.5. The van der Waals surface area contributed by atoms with E-state index in [4.69, 9.17) is 4.74 Å². The van der Waals surface area contributed by atoms with Gasteiger partial charge >= 0.3 is 0 Å². The third-order valence-corrected chi connectivity index (χ3v) is 2.86. The van der Waals surface area contributed by atoms with Crippen LogP contribution in [0.25, 0.3) is 0 Å². The molecule has 0 aliphatic heterocycles. The minimum atomic E-state index is -0.0230. The predicted molar refractivity (Wildman–Crippen MR) is 71.9 cm³/mol. The SMILES string of the molecule is COC(C)(C)CCNC(C)(C)CC(C)(C)C. The molecule has 0 aliphatic carbocycles. The van der Waals surface area contributed by atoms with Gasteiger partial charge in [0, 0.05) is 12.6 Å². The molecule has 0 rings (SSSR count). The summed E-state index contributed by atoms with van der Waals surface area (Å²) in [7, 11) is 1.78. The largest absolute Gasteiger partial charge is 0.379 e. The average Bonchev–Trinajstić information content (AvgIpc) is 1.98. The molecule has 0 unspecified atom stereocenters. The summed E-state index contributed by atoms with van der Waals surface area (Å²) in [6.45, 7) is 16.7. The summed E-state index contributed by atoms with van der Waals surface area (Å²) in [5.41, 5.74) is 0.542. The van der Waals surface area contributed by atoms with E-state index in [0.717, 1.165) is 13.0 Å². The first-order chi connectivity index (χ1) is 6.97. The second-order valence-electron chi connectivity index (χ2n) is 7.26. The van der Waals surface area contributed by atoms with Crippen molar-refractivity contribution in [1.29, 1.82) is 0 Å². The smallest absolute Gasteiger partial charge is 0.0634 e. The Bertz CT molecular complexity index is 201. The fourth-order valence-electron chi connectivity index (χ4n) is 2.19. The Balaban J connectivity index is 4.01. The molecule has 0 radical (unpaired) electrons. The van der Waals surface area contributed by atoms with Crippen molar-refractivity contribution in [3.05, 3.63) is 0 Å². The van der Waals surface area contributed by atoms with Gasteiger partial charge < -0.3 is 10.1 Å².